The van der Waals surface area contributed by atoms with Gasteiger partial charge in [-0.05, 0) is 23.8 Å². The Morgan fingerprint density at radius 1 is 0.850 bits per heavy atom. The summed E-state index contributed by atoms with van der Waals surface area (Å²) in [6.07, 6.45) is -0.589. The second-order valence-corrected chi connectivity index (χ2v) is 4.07. The lowest BCUT2D eigenvalue weighted by Crippen LogP contribution is -2.08. The summed E-state index contributed by atoms with van der Waals surface area (Å²) in [6.45, 7) is 0. The number of Topliss-reactive ketones (excluding diaryl/α,β-unsaturated/α-hetero) is 1. The molecule has 6 heteroatoms. The molecule has 2 aromatic carbocycles. The van der Waals surface area contributed by atoms with E-state index < -0.39 is 46.9 Å². The molecule has 20 heavy (non-hydrogen) atoms. The molecule has 0 aliphatic carbocycles. The highest BCUT2D eigenvalue weighted by molar-refractivity contribution is 5.97. The monoisotopic (exact) mass is 286 g/mol. The molecule has 0 radical (unpaired) electrons. The predicted molar refractivity (Wildman–Crippen MR) is 60.7 cm³/mol. The van der Waals surface area contributed by atoms with E-state index in [1.165, 1.54) is 12.1 Å². The van der Waals surface area contributed by atoms with Crippen LogP contribution < -0.4 is 0 Å². The van der Waals surface area contributed by atoms with Crippen molar-refractivity contribution < 1.29 is 26.7 Å². The van der Waals surface area contributed by atoms with Gasteiger partial charge in [0.1, 0.15) is 0 Å². The van der Waals surface area contributed by atoms with Crippen molar-refractivity contribution in [3.8, 4) is 0 Å². The van der Waals surface area contributed by atoms with Crippen LogP contribution in [-0.2, 0) is 6.42 Å². The van der Waals surface area contributed by atoms with E-state index in [9.17, 15) is 26.7 Å². The van der Waals surface area contributed by atoms with Gasteiger partial charge in [0.15, 0.2) is 34.9 Å². The third-order valence-electron chi connectivity index (χ3n) is 2.69. The van der Waals surface area contributed by atoms with Crippen LogP contribution in [0.1, 0.15) is 15.9 Å². The third kappa shape index (κ3) is 2.68. The number of hydrogen-bond acceptors (Lipinski definition) is 1. The van der Waals surface area contributed by atoms with Crippen molar-refractivity contribution in [3.05, 3.63) is 70.5 Å². The fourth-order valence-corrected chi connectivity index (χ4v) is 1.68. The highest BCUT2D eigenvalue weighted by Crippen LogP contribution is 2.17. The smallest absolute Gasteiger partial charge is 0.194 e. The molecule has 0 unspecified atom stereocenters. The Kier molecular flexibility index (Phi) is 3.83. The summed E-state index contributed by atoms with van der Waals surface area (Å²) >= 11 is 0. The molecular weight excluding hydrogens is 279 g/mol. The van der Waals surface area contributed by atoms with E-state index >= 15 is 0 Å². The minimum absolute atomic E-state index is 0.250. The van der Waals surface area contributed by atoms with Crippen molar-refractivity contribution >= 4 is 5.78 Å². The highest BCUT2D eigenvalue weighted by Gasteiger charge is 2.17. The molecule has 0 fully saturated rings. The Balaban J connectivity index is 2.31. The molecule has 0 aliphatic heterocycles. The normalized spacial score (nSPS) is 10.7. The second-order valence-electron chi connectivity index (χ2n) is 4.07. The maximum absolute atomic E-state index is 13.4. The number of ketones is 1. The average molecular weight is 286 g/mol. The Bertz CT molecular complexity index is 658. The molecule has 1 nitrogen and oxygen atoms in total. The number of rotatable bonds is 3. The van der Waals surface area contributed by atoms with Gasteiger partial charge in [-0.2, -0.15) is 0 Å². The summed E-state index contributed by atoms with van der Waals surface area (Å²) in [7, 11) is 0. The summed E-state index contributed by atoms with van der Waals surface area (Å²) in [4.78, 5) is 11.7. The van der Waals surface area contributed by atoms with Gasteiger partial charge in [0.2, 0.25) is 0 Å². The van der Waals surface area contributed by atoms with Crippen LogP contribution in [0.3, 0.4) is 0 Å². The molecule has 2 aromatic rings. The van der Waals surface area contributed by atoms with E-state index in [1.54, 1.807) is 0 Å². The van der Waals surface area contributed by atoms with Crippen LogP contribution in [0.2, 0.25) is 0 Å². The molecule has 0 aliphatic rings. The van der Waals surface area contributed by atoms with Crippen molar-refractivity contribution in [2.75, 3.05) is 0 Å². The van der Waals surface area contributed by atoms with E-state index in [4.69, 9.17) is 0 Å². The minimum Gasteiger partial charge on any atom is -0.294 e. The molecule has 0 amide bonds. The highest BCUT2D eigenvalue weighted by atomic mass is 19.2. The summed E-state index contributed by atoms with van der Waals surface area (Å²) in [6, 6.07) is 4.27. The molecule has 0 heterocycles. The number of carbonyl (C=O) groups excluding carboxylic acids is 1. The first kappa shape index (κ1) is 14.2. The van der Waals surface area contributed by atoms with Crippen molar-refractivity contribution in [1.29, 1.82) is 0 Å². The summed E-state index contributed by atoms with van der Waals surface area (Å²) < 4.78 is 65.0. The van der Waals surface area contributed by atoms with Crippen LogP contribution in [0.25, 0.3) is 0 Å². The number of benzene rings is 2. The van der Waals surface area contributed by atoms with E-state index in [0.717, 1.165) is 6.07 Å². The third-order valence-corrected chi connectivity index (χ3v) is 2.69. The van der Waals surface area contributed by atoms with E-state index in [-0.39, 0.29) is 5.56 Å². The summed E-state index contributed by atoms with van der Waals surface area (Å²) in [5.41, 5.74) is -0.704. The van der Waals surface area contributed by atoms with Crippen molar-refractivity contribution in [2.45, 2.75) is 6.42 Å². The van der Waals surface area contributed by atoms with E-state index in [2.05, 4.69) is 0 Å². The van der Waals surface area contributed by atoms with E-state index in [1.807, 2.05) is 0 Å². The van der Waals surface area contributed by atoms with Gasteiger partial charge in [-0.15, -0.1) is 0 Å². The Morgan fingerprint density at radius 3 is 2.05 bits per heavy atom. The predicted octanol–water partition coefficient (Wildman–Crippen LogP) is 3.81. The van der Waals surface area contributed by atoms with Crippen molar-refractivity contribution in [2.24, 2.45) is 0 Å². The summed E-state index contributed by atoms with van der Waals surface area (Å²) in [5.74, 6) is -7.93. The lowest BCUT2D eigenvalue weighted by Gasteiger charge is -2.05. The molecule has 2 rings (SSSR count). The SMILES string of the molecule is O=C(Cc1cccc(F)c1F)c1cc(F)c(F)c(F)c1. The number of hydrogen-bond donors (Lipinski definition) is 0. The molecule has 0 saturated heterocycles. The van der Waals surface area contributed by atoms with Crippen LogP contribution in [0.5, 0.6) is 0 Å². The Hall–Kier alpha value is -2.24. The maximum atomic E-state index is 13.4. The van der Waals surface area contributed by atoms with Crippen LogP contribution in [0.15, 0.2) is 30.3 Å². The van der Waals surface area contributed by atoms with Gasteiger partial charge in [0.25, 0.3) is 0 Å². The number of halogens is 5. The van der Waals surface area contributed by atoms with Gasteiger partial charge in [0, 0.05) is 12.0 Å². The lowest BCUT2D eigenvalue weighted by molar-refractivity contribution is 0.0990. The van der Waals surface area contributed by atoms with Gasteiger partial charge in [0.05, 0.1) is 0 Å². The largest absolute Gasteiger partial charge is 0.294 e. The van der Waals surface area contributed by atoms with Gasteiger partial charge in [-0.1, -0.05) is 12.1 Å². The minimum atomic E-state index is -1.70. The van der Waals surface area contributed by atoms with Crippen LogP contribution in [-0.4, -0.2) is 5.78 Å². The van der Waals surface area contributed by atoms with Gasteiger partial charge >= 0.3 is 0 Å². The molecule has 104 valence electrons. The molecule has 0 saturated carbocycles. The topological polar surface area (TPSA) is 17.1 Å². The van der Waals surface area contributed by atoms with Gasteiger partial charge in [-0.3, -0.25) is 4.79 Å². The van der Waals surface area contributed by atoms with Crippen molar-refractivity contribution in [1.82, 2.24) is 0 Å². The van der Waals surface area contributed by atoms with Gasteiger partial charge < -0.3 is 0 Å². The van der Waals surface area contributed by atoms with E-state index in [0.29, 0.717) is 12.1 Å². The average Bonchev–Trinajstić information content (AvgIpc) is 2.40. The number of carbonyl (C=O) groups is 1. The zero-order valence-corrected chi connectivity index (χ0v) is 9.89. The zero-order valence-electron chi connectivity index (χ0n) is 9.89. The maximum Gasteiger partial charge on any atom is 0.194 e. The van der Waals surface area contributed by atoms with Crippen molar-refractivity contribution in [3.63, 3.8) is 0 Å². The molecule has 0 bridgehead atoms. The molecule has 0 spiro atoms. The first-order valence-corrected chi connectivity index (χ1v) is 5.50. The Morgan fingerprint density at radius 2 is 1.45 bits per heavy atom. The van der Waals surface area contributed by atoms with Crippen LogP contribution in [0, 0.1) is 29.1 Å². The standard InChI is InChI=1S/C14H7F5O/c15-9-3-1-2-7(13(9)18)6-12(20)8-4-10(16)14(19)11(17)5-8/h1-5H,6H2. The lowest BCUT2D eigenvalue weighted by atomic mass is 10.0. The second kappa shape index (κ2) is 5.40. The molecule has 0 N–H and O–H groups in total. The summed E-state index contributed by atoms with van der Waals surface area (Å²) in [5, 5.41) is 0. The van der Waals surface area contributed by atoms with Crippen LogP contribution in [0.4, 0.5) is 22.0 Å². The quantitative estimate of drug-likeness (QED) is 0.476. The molecular formula is C14H7F5O. The fourth-order valence-electron chi connectivity index (χ4n) is 1.68. The Labute approximate surface area is 110 Å². The first-order chi connectivity index (χ1) is 9.40. The van der Waals surface area contributed by atoms with Crippen LogP contribution >= 0.6 is 0 Å². The zero-order chi connectivity index (χ0) is 14.9. The molecule has 0 aromatic heterocycles. The fraction of sp³-hybridized carbons (Fsp3) is 0.0714. The first-order valence-electron chi connectivity index (χ1n) is 5.50. The molecule has 0 atom stereocenters. The van der Waals surface area contributed by atoms with Gasteiger partial charge in [-0.25, -0.2) is 22.0 Å².